The summed E-state index contributed by atoms with van der Waals surface area (Å²) in [6.07, 6.45) is 6.43. The van der Waals surface area contributed by atoms with Gasteiger partial charge in [0.2, 0.25) is 11.9 Å². The molecule has 1 aliphatic heterocycles. The highest BCUT2D eigenvalue weighted by Crippen LogP contribution is 2.20. The number of carbonyl (C=O) groups is 1. The molecule has 1 aliphatic rings. The molecule has 0 aliphatic carbocycles. The highest BCUT2D eigenvalue weighted by atomic mass is 16.1. The van der Waals surface area contributed by atoms with E-state index >= 15 is 0 Å². The van der Waals surface area contributed by atoms with E-state index in [4.69, 9.17) is 5.73 Å². The molecule has 0 bridgehead atoms. The Hall–Kier alpha value is -1.69. The zero-order valence-electron chi connectivity index (χ0n) is 12.0. The van der Waals surface area contributed by atoms with Crippen molar-refractivity contribution < 1.29 is 4.79 Å². The Morgan fingerprint density at radius 1 is 1.40 bits per heavy atom. The molecule has 1 saturated heterocycles. The topological polar surface area (TPSA) is 84.1 Å². The van der Waals surface area contributed by atoms with Crippen molar-refractivity contribution in [2.24, 2.45) is 11.7 Å². The highest BCUT2D eigenvalue weighted by molar-refractivity contribution is 5.76. The summed E-state index contributed by atoms with van der Waals surface area (Å²) in [5.41, 5.74) is 6.43. The van der Waals surface area contributed by atoms with Crippen LogP contribution in [0.4, 0.5) is 5.95 Å². The van der Waals surface area contributed by atoms with Crippen molar-refractivity contribution in [2.45, 2.75) is 32.7 Å². The summed E-state index contributed by atoms with van der Waals surface area (Å²) in [6, 6.07) is 0. The third-order valence-corrected chi connectivity index (χ3v) is 3.63. The quantitative estimate of drug-likeness (QED) is 0.747. The van der Waals surface area contributed by atoms with Crippen molar-refractivity contribution in [3.8, 4) is 0 Å². The first-order valence-corrected chi connectivity index (χ1v) is 7.26. The van der Waals surface area contributed by atoms with Crippen LogP contribution in [-0.2, 0) is 11.3 Å². The van der Waals surface area contributed by atoms with Gasteiger partial charge in [-0.25, -0.2) is 9.97 Å². The Kier molecular flexibility index (Phi) is 5.29. The minimum atomic E-state index is -0.192. The van der Waals surface area contributed by atoms with E-state index in [0.717, 1.165) is 57.0 Å². The van der Waals surface area contributed by atoms with Gasteiger partial charge in [-0.05, 0) is 25.8 Å². The number of nitrogens with zero attached hydrogens (tertiary/aromatic N) is 3. The first kappa shape index (κ1) is 14.7. The lowest BCUT2D eigenvalue weighted by atomic mass is 9.96. The molecule has 3 N–H and O–H groups in total. The van der Waals surface area contributed by atoms with Crippen molar-refractivity contribution in [1.29, 1.82) is 0 Å². The number of piperidine rings is 1. The van der Waals surface area contributed by atoms with Gasteiger partial charge in [0.25, 0.3) is 0 Å². The first-order valence-electron chi connectivity index (χ1n) is 7.26. The van der Waals surface area contributed by atoms with Gasteiger partial charge in [-0.2, -0.15) is 0 Å². The summed E-state index contributed by atoms with van der Waals surface area (Å²) in [7, 11) is 0. The minimum Gasteiger partial charge on any atom is -0.369 e. The molecule has 2 heterocycles. The molecule has 0 radical (unpaired) electrons. The van der Waals surface area contributed by atoms with Crippen LogP contribution in [0, 0.1) is 5.92 Å². The molecule has 110 valence electrons. The fourth-order valence-electron chi connectivity index (χ4n) is 2.38. The highest BCUT2D eigenvalue weighted by Gasteiger charge is 2.24. The lowest BCUT2D eigenvalue weighted by Gasteiger charge is -2.30. The van der Waals surface area contributed by atoms with Crippen molar-refractivity contribution in [2.75, 3.05) is 24.5 Å². The Balaban J connectivity index is 1.86. The summed E-state index contributed by atoms with van der Waals surface area (Å²) in [5, 5.41) is 3.32. The van der Waals surface area contributed by atoms with Crippen LogP contribution in [0.5, 0.6) is 0 Å². The van der Waals surface area contributed by atoms with E-state index in [9.17, 15) is 4.79 Å². The fourth-order valence-corrected chi connectivity index (χ4v) is 2.38. The van der Waals surface area contributed by atoms with Crippen LogP contribution in [0.3, 0.4) is 0 Å². The predicted molar refractivity (Wildman–Crippen MR) is 78.2 cm³/mol. The SMILES string of the molecule is CCCNCc1cnc(N2CCC(C(N)=O)CC2)nc1. The molecule has 0 aromatic carbocycles. The number of aromatic nitrogens is 2. The van der Waals surface area contributed by atoms with Crippen LogP contribution in [0.15, 0.2) is 12.4 Å². The molecule has 6 nitrogen and oxygen atoms in total. The third kappa shape index (κ3) is 3.90. The third-order valence-electron chi connectivity index (χ3n) is 3.63. The number of hydrogen-bond acceptors (Lipinski definition) is 5. The average Bonchev–Trinajstić information content (AvgIpc) is 2.48. The second-order valence-electron chi connectivity index (χ2n) is 5.23. The predicted octanol–water partition coefficient (Wildman–Crippen LogP) is 0.678. The van der Waals surface area contributed by atoms with Gasteiger partial charge in [-0.1, -0.05) is 6.92 Å². The van der Waals surface area contributed by atoms with E-state index in [2.05, 4.69) is 27.1 Å². The second kappa shape index (κ2) is 7.19. The summed E-state index contributed by atoms with van der Waals surface area (Å²) in [6.45, 7) is 5.53. The van der Waals surface area contributed by atoms with Crippen LogP contribution in [0.2, 0.25) is 0 Å². The van der Waals surface area contributed by atoms with Gasteiger partial charge < -0.3 is 16.0 Å². The van der Waals surface area contributed by atoms with Crippen LogP contribution in [0.1, 0.15) is 31.7 Å². The van der Waals surface area contributed by atoms with E-state index in [1.165, 1.54) is 0 Å². The Labute approximate surface area is 119 Å². The molecule has 0 saturated carbocycles. The smallest absolute Gasteiger partial charge is 0.225 e. The summed E-state index contributed by atoms with van der Waals surface area (Å²) < 4.78 is 0. The van der Waals surface area contributed by atoms with E-state index in [1.54, 1.807) is 0 Å². The fraction of sp³-hybridized carbons (Fsp3) is 0.643. The number of rotatable bonds is 6. The first-order chi connectivity index (χ1) is 9.70. The van der Waals surface area contributed by atoms with Crippen LogP contribution in [-0.4, -0.2) is 35.5 Å². The van der Waals surface area contributed by atoms with Crippen molar-refractivity contribution in [3.05, 3.63) is 18.0 Å². The number of hydrogen-bond donors (Lipinski definition) is 2. The molecule has 0 spiro atoms. The van der Waals surface area contributed by atoms with Crippen molar-refractivity contribution in [3.63, 3.8) is 0 Å². The van der Waals surface area contributed by atoms with Gasteiger partial charge in [0.05, 0.1) is 0 Å². The minimum absolute atomic E-state index is 0.00349. The lowest BCUT2D eigenvalue weighted by Crippen LogP contribution is -2.39. The van der Waals surface area contributed by atoms with Crippen molar-refractivity contribution in [1.82, 2.24) is 15.3 Å². The number of nitrogens with two attached hydrogens (primary N) is 1. The molecule has 1 aromatic rings. The summed E-state index contributed by atoms with van der Waals surface area (Å²) in [5.74, 6) is 0.554. The van der Waals surface area contributed by atoms with E-state index < -0.39 is 0 Å². The Morgan fingerprint density at radius 3 is 2.60 bits per heavy atom. The number of primary amides is 1. The Bertz CT molecular complexity index is 426. The molecular formula is C14H23N5O. The molecule has 0 atom stereocenters. The summed E-state index contributed by atoms with van der Waals surface area (Å²) in [4.78, 5) is 22.1. The lowest BCUT2D eigenvalue weighted by molar-refractivity contribution is -0.122. The zero-order valence-corrected chi connectivity index (χ0v) is 12.0. The monoisotopic (exact) mass is 277 g/mol. The molecule has 2 rings (SSSR count). The molecule has 1 aromatic heterocycles. The van der Waals surface area contributed by atoms with Gasteiger partial charge in [0.15, 0.2) is 0 Å². The molecular weight excluding hydrogens is 254 g/mol. The number of carbonyl (C=O) groups excluding carboxylic acids is 1. The van der Waals surface area contributed by atoms with Crippen LogP contribution in [0.25, 0.3) is 0 Å². The molecule has 6 heteroatoms. The molecule has 20 heavy (non-hydrogen) atoms. The molecule has 0 unspecified atom stereocenters. The Morgan fingerprint density at radius 2 is 2.05 bits per heavy atom. The normalized spacial score (nSPS) is 16.4. The standard InChI is InChI=1S/C14H23N5O/c1-2-5-16-8-11-9-17-14(18-10-11)19-6-3-12(4-7-19)13(15)20/h9-10,12,16H,2-8H2,1H3,(H2,15,20). The van der Waals surface area contributed by atoms with Crippen molar-refractivity contribution >= 4 is 11.9 Å². The number of nitrogens with one attached hydrogen (secondary N) is 1. The maximum atomic E-state index is 11.1. The van der Waals surface area contributed by atoms with Gasteiger partial charge in [0, 0.05) is 43.5 Å². The zero-order chi connectivity index (χ0) is 14.4. The van der Waals surface area contributed by atoms with E-state index in [-0.39, 0.29) is 11.8 Å². The maximum Gasteiger partial charge on any atom is 0.225 e. The molecule has 1 fully saturated rings. The van der Waals surface area contributed by atoms with Gasteiger partial charge >= 0.3 is 0 Å². The molecule has 1 amide bonds. The van der Waals surface area contributed by atoms with Gasteiger partial charge in [0.1, 0.15) is 0 Å². The van der Waals surface area contributed by atoms with E-state index in [0.29, 0.717) is 0 Å². The summed E-state index contributed by atoms with van der Waals surface area (Å²) >= 11 is 0. The van der Waals surface area contributed by atoms with Gasteiger partial charge in [-0.3, -0.25) is 4.79 Å². The van der Waals surface area contributed by atoms with E-state index in [1.807, 2.05) is 12.4 Å². The number of anilines is 1. The van der Waals surface area contributed by atoms with Crippen LogP contribution >= 0.6 is 0 Å². The number of amides is 1. The maximum absolute atomic E-state index is 11.1. The average molecular weight is 277 g/mol. The second-order valence-corrected chi connectivity index (χ2v) is 5.23. The van der Waals surface area contributed by atoms with Gasteiger partial charge in [-0.15, -0.1) is 0 Å². The largest absolute Gasteiger partial charge is 0.369 e. The van der Waals surface area contributed by atoms with Crippen LogP contribution < -0.4 is 16.0 Å².